The first kappa shape index (κ1) is 8.47. The summed E-state index contributed by atoms with van der Waals surface area (Å²) in [4.78, 5) is 11.4. The van der Waals surface area contributed by atoms with Gasteiger partial charge in [0, 0.05) is 31.9 Å². The van der Waals surface area contributed by atoms with Crippen molar-refractivity contribution in [2.75, 3.05) is 13.1 Å². The molecule has 1 aromatic heterocycles. The van der Waals surface area contributed by atoms with Crippen LogP contribution < -0.4 is 16.6 Å². The highest BCUT2D eigenvalue weighted by molar-refractivity contribution is 5.11. The Bertz CT molecular complexity index is 354. The van der Waals surface area contributed by atoms with Gasteiger partial charge in [0.05, 0.1) is 6.04 Å². The number of aromatic nitrogens is 1. The Balaban J connectivity index is 2.36. The highest BCUT2D eigenvalue weighted by atomic mass is 16.1. The Labute approximate surface area is 76.4 Å². The van der Waals surface area contributed by atoms with Crippen molar-refractivity contribution in [1.29, 1.82) is 0 Å². The van der Waals surface area contributed by atoms with E-state index in [1.54, 1.807) is 16.7 Å². The van der Waals surface area contributed by atoms with Gasteiger partial charge < -0.3 is 15.6 Å². The number of nitrogens with two attached hydrogens (primary N) is 1. The Hall–Kier alpha value is -1.13. The van der Waals surface area contributed by atoms with Gasteiger partial charge in [-0.3, -0.25) is 4.79 Å². The van der Waals surface area contributed by atoms with Crippen molar-refractivity contribution in [3.05, 3.63) is 34.2 Å². The number of hydrogen-bond donors (Lipinski definition) is 2. The lowest BCUT2D eigenvalue weighted by molar-refractivity contribution is 0.335. The van der Waals surface area contributed by atoms with E-state index in [2.05, 4.69) is 5.32 Å². The normalized spacial score (nSPS) is 17.0. The minimum atomic E-state index is 0.0590. The van der Waals surface area contributed by atoms with Gasteiger partial charge in [-0.2, -0.15) is 0 Å². The van der Waals surface area contributed by atoms with Crippen molar-refractivity contribution in [3.8, 4) is 0 Å². The third-order valence-corrected chi connectivity index (χ3v) is 2.39. The van der Waals surface area contributed by atoms with E-state index in [0.29, 0.717) is 12.6 Å². The maximum absolute atomic E-state index is 11.4. The average molecular weight is 179 g/mol. The topological polar surface area (TPSA) is 60.1 Å². The molecule has 70 valence electrons. The Morgan fingerprint density at radius 3 is 2.85 bits per heavy atom. The Kier molecular flexibility index (Phi) is 2.16. The second-order valence-corrected chi connectivity index (χ2v) is 3.30. The fraction of sp³-hybridized carbons (Fsp3) is 0.444. The summed E-state index contributed by atoms with van der Waals surface area (Å²) in [5.41, 5.74) is 6.56. The Morgan fingerprint density at radius 2 is 2.31 bits per heavy atom. The van der Waals surface area contributed by atoms with Gasteiger partial charge in [-0.05, 0) is 5.56 Å². The molecule has 1 aliphatic rings. The number of hydrogen-bond acceptors (Lipinski definition) is 3. The zero-order valence-corrected chi connectivity index (χ0v) is 7.36. The van der Waals surface area contributed by atoms with Crippen LogP contribution in [0.5, 0.6) is 0 Å². The minimum absolute atomic E-state index is 0.0590. The van der Waals surface area contributed by atoms with E-state index in [-0.39, 0.29) is 5.56 Å². The molecule has 2 rings (SSSR count). The molecule has 0 radical (unpaired) electrons. The molecule has 0 aliphatic carbocycles. The van der Waals surface area contributed by atoms with Gasteiger partial charge in [0.15, 0.2) is 0 Å². The molecule has 0 saturated carbocycles. The minimum Gasteiger partial charge on any atom is -0.326 e. The van der Waals surface area contributed by atoms with Crippen LogP contribution in [0.15, 0.2) is 23.1 Å². The molecule has 1 fully saturated rings. The summed E-state index contributed by atoms with van der Waals surface area (Å²) in [5.74, 6) is 0. The molecule has 0 bridgehead atoms. The molecule has 0 spiro atoms. The fourth-order valence-electron chi connectivity index (χ4n) is 1.43. The third-order valence-electron chi connectivity index (χ3n) is 2.39. The summed E-state index contributed by atoms with van der Waals surface area (Å²) < 4.78 is 1.76. The molecular weight excluding hydrogens is 166 g/mol. The molecule has 3 N–H and O–H groups in total. The number of pyridine rings is 1. The second kappa shape index (κ2) is 3.32. The van der Waals surface area contributed by atoms with Gasteiger partial charge in [0.1, 0.15) is 0 Å². The van der Waals surface area contributed by atoms with Crippen molar-refractivity contribution in [1.82, 2.24) is 9.88 Å². The van der Waals surface area contributed by atoms with Gasteiger partial charge >= 0.3 is 0 Å². The van der Waals surface area contributed by atoms with Crippen LogP contribution in [-0.4, -0.2) is 17.7 Å². The average Bonchev–Trinajstić information content (AvgIpc) is 2.06. The first-order chi connectivity index (χ1) is 6.31. The molecule has 0 amide bonds. The highest BCUT2D eigenvalue weighted by Crippen LogP contribution is 2.08. The fourth-order valence-corrected chi connectivity index (χ4v) is 1.43. The van der Waals surface area contributed by atoms with Gasteiger partial charge in [0.25, 0.3) is 5.56 Å². The van der Waals surface area contributed by atoms with Gasteiger partial charge in [-0.25, -0.2) is 0 Å². The molecule has 4 nitrogen and oxygen atoms in total. The molecule has 4 heteroatoms. The lowest BCUT2D eigenvalue weighted by Crippen LogP contribution is -2.46. The number of nitrogens with one attached hydrogen (secondary N) is 1. The Morgan fingerprint density at radius 1 is 1.54 bits per heavy atom. The first-order valence-electron chi connectivity index (χ1n) is 4.43. The van der Waals surface area contributed by atoms with Crippen LogP contribution >= 0.6 is 0 Å². The first-order valence-corrected chi connectivity index (χ1v) is 4.43. The molecule has 0 atom stereocenters. The SMILES string of the molecule is NCc1ccc(=O)n(C2CNC2)c1. The zero-order valence-electron chi connectivity index (χ0n) is 7.36. The predicted molar refractivity (Wildman–Crippen MR) is 50.5 cm³/mol. The second-order valence-electron chi connectivity index (χ2n) is 3.30. The monoisotopic (exact) mass is 179 g/mol. The third kappa shape index (κ3) is 1.50. The highest BCUT2D eigenvalue weighted by Gasteiger charge is 2.19. The lowest BCUT2D eigenvalue weighted by atomic mass is 10.1. The zero-order chi connectivity index (χ0) is 9.26. The summed E-state index contributed by atoms with van der Waals surface area (Å²) in [6, 6.07) is 3.69. The van der Waals surface area contributed by atoms with Crippen molar-refractivity contribution < 1.29 is 0 Å². The van der Waals surface area contributed by atoms with Crippen LogP contribution in [0.4, 0.5) is 0 Å². The largest absolute Gasteiger partial charge is 0.326 e. The van der Waals surface area contributed by atoms with E-state index in [0.717, 1.165) is 18.7 Å². The maximum atomic E-state index is 11.4. The lowest BCUT2D eigenvalue weighted by Gasteiger charge is -2.29. The molecule has 1 saturated heterocycles. The molecule has 0 unspecified atom stereocenters. The van der Waals surface area contributed by atoms with Crippen LogP contribution in [0.2, 0.25) is 0 Å². The van der Waals surface area contributed by atoms with Crippen LogP contribution in [0.25, 0.3) is 0 Å². The number of nitrogens with zero attached hydrogens (tertiary/aromatic N) is 1. The predicted octanol–water partition coefficient (Wildman–Crippen LogP) is -0.549. The summed E-state index contributed by atoms with van der Waals surface area (Å²) in [5, 5.41) is 3.13. The number of rotatable bonds is 2. The van der Waals surface area contributed by atoms with Gasteiger partial charge in [0.2, 0.25) is 0 Å². The molecule has 1 aromatic rings. The van der Waals surface area contributed by atoms with Crippen LogP contribution in [0.3, 0.4) is 0 Å². The van der Waals surface area contributed by atoms with E-state index < -0.39 is 0 Å². The quantitative estimate of drug-likeness (QED) is 0.640. The summed E-state index contributed by atoms with van der Waals surface area (Å²) in [6.07, 6.45) is 1.86. The van der Waals surface area contributed by atoms with Crippen LogP contribution in [0.1, 0.15) is 11.6 Å². The molecule has 2 heterocycles. The standard InChI is InChI=1S/C9H13N3O/c10-3-7-1-2-9(13)12(6-7)8-4-11-5-8/h1-2,6,8,11H,3-5,10H2. The van der Waals surface area contributed by atoms with Gasteiger partial charge in [-0.15, -0.1) is 0 Å². The molecular formula is C9H13N3O. The molecule has 1 aliphatic heterocycles. The van der Waals surface area contributed by atoms with E-state index in [4.69, 9.17) is 5.73 Å². The molecule has 13 heavy (non-hydrogen) atoms. The van der Waals surface area contributed by atoms with Crippen molar-refractivity contribution in [3.63, 3.8) is 0 Å². The van der Waals surface area contributed by atoms with E-state index >= 15 is 0 Å². The summed E-state index contributed by atoms with van der Waals surface area (Å²) in [7, 11) is 0. The summed E-state index contributed by atoms with van der Waals surface area (Å²) in [6.45, 7) is 2.25. The molecule has 0 aromatic carbocycles. The van der Waals surface area contributed by atoms with E-state index in [9.17, 15) is 4.79 Å². The van der Waals surface area contributed by atoms with Crippen molar-refractivity contribution in [2.45, 2.75) is 12.6 Å². The van der Waals surface area contributed by atoms with Crippen molar-refractivity contribution >= 4 is 0 Å². The van der Waals surface area contributed by atoms with E-state index in [1.807, 2.05) is 6.20 Å². The van der Waals surface area contributed by atoms with Crippen LogP contribution in [-0.2, 0) is 6.54 Å². The maximum Gasteiger partial charge on any atom is 0.250 e. The summed E-state index contributed by atoms with van der Waals surface area (Å²) >= 11 is 0. The van der Waals surface area contributed by atoms with E-state index in [1.165, 1.54) is 0 Å². The van der Waals surface area contributed by atoms with Gasteiger partial charge in [-0.1, -0.05) is 6.07 Å². The van der Waals surface area contributed by atoms with Crippen LogP contribution in [0, 0.1) is 0 Å². The smallest absolute Gasteiger partial charge is 0.250 e. The van der Waals surface area contributed by atoms with Crippen molar-refractivity contribution in [2.24, 2.45) is 5.73 Å².